The Kier molecular flexibility index (Phi) is 6.82. The molecule has 2 N–H and O–H groups in total. The second-order valence-corrected chi connectivity index (χ2v) is 6.24. The number of ether oxygens (including phenoxy) is 1. The SMILES string of the molecule is COc1cccc([C@H](CNC(=O)N[C@H](C)Cn2cccn2)N(C)C)c1. The van der Waals surface area contributed by atoms with Gasteiger partial charge in [-0.15, -0.1) is 0 Å². The van der Waals surface area contributed by atoms with Crippen LogP contribution in [-0.4, -0.2) is 54.5 Å². The summed E-state index contributed by atoms with van der Waals surface area (Å²) in [5.74, 6) is 0.807. The molecule has 0 radical (unpaired) electrons. The van der Waals surface area contributed by atoms with Crippen LogP contribution in [0.2, 0.25) is 0 Å². The van der Waals surface area contributed by atoms with Crippen LogP contribution in [0, 0.1) is 0 Å². The van der Waals surface area contributed by atoms with Crippen molar-refractivity contribution in [2.75, 3.05) is 27.7 Å². The number of amides is 2. The van der Waals surface area contributed by atoms with Crippen LogP contribution >= 0.6 is 0 Å². The molecule has 2 amide bonds. The molecule has 0 bridgehead atoms. The van der Waals surface area contributed by atoms with Crippen molar-refractivity contribution < 1.29 is 9.53 Å². The highest BCUT2D eigenvalue weighted by atomic mass is 16.5. The highest BCUT2D eigenvalue weighted by Crippen LogP contribution is 2.21. The van der Waals surface area contributed by atoms with Crippen LogP contribution in [-0.2, 0) is 6.54 Å². The third kappa shape index (κ3) is 5.79. The average molecular weight is 345 g/mol. The Labute approximate surface area is 149 Å². The minimum Gasteiger partial charge on any atom is -0.497 e. The third-order valence-electron chi connectivity index (χ3n) is 3.96. The number of hydrogen-bond donors (Lipinski definition) is 2. The Morgan fingerprint density at radius 2 is 2.16 bits per heavy atom. The van der Waals surface area contributed by atoms with Gasteiger partial charge < -0.3 is 20.3 Å². The Morgan fingerprint density at radius 3 is 2.80 bits per heavy atom. The van der Waals surface area contributed by atoms with Gasteiger partial charge in [-0.3, -0.25) is 4.68 Å². The van der Waals surface area contributed by atoms with Crippen LogP contribution in [0.15, 0.2) is 42.7 Å². The smallest absolute Gasteiger partial charge is 0.315 e. The standard InChI is InChI=1S/C18H27N5O2/c1-14(13-23-10-6-9-20-23)21-18(24)19-12-17(22(2)3)15-7-5-8-16(11-15)25-4/h5-11,14,17H,12-13H2,1-4H3,(H2,19,21,24)/t14-,17+/m1/s1. The minimum atomic E-state index is -0.186. The molecular weight excluding hydrogens is 318 g/mol. The largest absolute Gasteiger partial charge is 0.497 e. The van der Waals surface area contributed by atoms with Gasteiger partial charge in [-0.1, -0.05) is 12.1 Å². The van der Waals surface area contributed by atoms with Crippen LogP contribution in [0.1, 0.15) is 18.5 Å². The molecule has 0 aliphatic heterocycles. The minimum absolute atomic E-state index is 0.0190. The second kappa shape index (κ2) is 9.08. The van der Waals surface area contributed by atoms with Crippen molar-refractivity contribution in [2.24, 2.45) is 0 Å². The van der Waals surface area contributed by atoms with Gasteiger partial charge in [0.05, 0.1) is 19.7 Å². The van der Waals surface area contributed by atoms with Gasteiger partial charge in [-0.2, -0.15) is 5.10 Å². The van der Waals surface area contributed by atoms with Crippen molar-refractivity contribution in [3.05, 3.63) is 48.3 Å². The predicted molar refractivity (Wildman–Crippen MR) is 97.6 cm³/mol. The zero-order chi connectivity index (χ0) is 18.2. The van der Waals surface area contributed by atoms with Crippen molar-refractivity contribution in [2.45, 2.75) is 25.6 Å². The molecule has 0 aliphatic carbocycles. The van der Waals surface area contributed by atoms with E-state index < -0.39 is 0 Å². The third-order valence-corrected chi connectivity index (χ3v) is 3.96. The molecule has 0 saturated carbocycles. The van der Waals surface area contributed by atoms with E-state index in [9.17, 15) is 4.79 Å². The van der Waals surface area contributed by atoms with E-state index in [0.717, 1.165) is 11.3 Å². The first-order valence-corrected chi connectivity index (χ1v) is 8.31. The maximum absolute atomic E-state index is 12.2. The van der Waals surface area contributed by atoms with E-state index in [1.54, 1.807) is 18.0 Å². The fourth-order valence-electron chi connectivity index (χ4n) is 2.65. The number of carbonyl (C=O) groups is 1. The summed E-state index contributed by atoms with van der Waals surface area (Å²) in [6, 6.07) is 9.61. The maximum atomic E-state index is 12.2. The number of rotatable bonds is 8. The van der Waals surface area contributed by atoms with Crippen LogP contribution in [0.25, 0.3) is 0 Å². The zero-order valence-corrected chi connectivity index (χ0v) is 15.3. The Bertz CT molecular complexity index is 657. The molecule has 2 aromatic rings. The summed E-state index contributed by atoms with van der Waals surface area (Å²) in [5, 5.41) is 10.0. The van der Waals surface area contributed by atoms with Crippen molar-refractivity contribution >= 4 is 6.03 Å². The summed E-state index contributed by atoms with van der Waals surface area (Å²) in [6.07, 6.45) is 3.60. The monoisotopic (exact) mass is 345 g/mol. The van der Waals surface area contributed by atoms with Crippen LogP contribution < -0.4 is 15.4 Å². The molecule has 7 heteroatoms. The lowest BCUT2D eigenvalue weighted by atomic mass is 10.1. The summed E-state index contributed by atoms with van der Waals surface area (Å²) < 4.78 is 7.08. The van der Waals surface area contributed by atoms with E-state index in [4.69, 9.17) is 4.74 Å². The summed E-state index contributed by atoms with van der Waals surface area (Å²) in [4.78, 5) is 14.2. The Morgan fingerprint density at radius 1 is 1.36 bits per heavy atom. The molecule has 1 aromatic carbocycles. The quantitative estimate of drug-likeness (QED) is 0.766. The summed E-state index contributed by atoms with van der Waals surface area (Å²) in [5.41, 5.74) is 1.09. The fourth-order valence-corrected chi connectivity index (χ4v) is 2.65. The molecule has 0 spiro atoms. The van der Waals surface area contributed by atoms with E-state index in [0.29, 0.717) is 13.1 Å². The summed E-state index contributed by atoms with van der Waals surface area (Å²) in [6.45, 7) is 3.08. The van der Waals surface area contributed by atoms with Gasteiger partial charge in [0.25, 0.3) is 0 Å². The van der Waals surface area contributed by atoms with E-state index in [2.05, 4.69) is 20.6 Å². The van der Waals surface area contributed by atoms with E-state index in [-0.39, 0.29) is 18.1 Å². The van der Waals surface area contributed by atoms with Gasteiger partial charge in [0.1, 0.15) is 5.75 Å². The molecule has 2 rings (SSSR count). The molecule has 7 nitrogen and oxygen atoms in total. The number of nitrogens with zero attached hydrogens (tertiary/aromatic N) is 3. The molecular formula is C18H27N5O2. The van der Waals surface area contributed by atoms with E-state index >= 15 is 0 Å². The topological polar surface area (TPSA) is 71.4 Å². The molecule has 1 aromatic heterocycles. The lowest BCUT2D eigenvalue weighted by molar-refractivity contribution is 0.228. The van der Waals surface area contributed by atoms with Gasteiger partial charge in [-0.05, 0) is 44.8 Å². The Hall–Kier alpha value is -2.54. The molecule has 1 heterocycles. The average Bonchev–Trinajstić information content (AvgIpc) is 3.07. The first-order chi connectivity index (χ1) is 12.0. The molecule has 0 unspecified atom stereocenters. The van der Waals surface area contributed by atoms with Gasteiger partial charge in [0, 0.05) is 25.0 Å². The van der Waals surface area contributed by atoms with Gasteiger partial charge >= 0.3 is 6.03 Å². The van der Waals surface area contributed by atoms with Crippen molar-refractivity contribution in [3.8, 4) is 5.75 Å². The number of carbonyl (C=O) groups excluding carboxylic acids is 1. The molecule has 2 atom stereocenters. The number of benzene rings is 1. The van der Waals surface area contributed by atoms with Crippen molar-refractivity contribution in [3.63, 3.8) is 0 Å². The molecule has 0 fully saturated rings. The summed E-state index contributed by atoms with van der Waals surface area (Å²) >= 11 is 0. The highest BCUT2D eigenvalue weighted by molar-refractivity contribution is 5.74. The number of aromatic nitrogens is 2. The van der Waals surface area contributed by atoms with Crippen LogP contribution in [0.5, 0.6) is 5.75 Å². The first-order valence-electron chi connectivity index (χ1n) is 8.31. The number of nitrogens with one attached hydrogen (secondary N) is 2. The molecule has 136 valence electrons. The summed E-state index contributed by atoms with van der Waals surface area (Å²) in [7, 11) is 5.63. The van der Waals surface area contributed by atoms with Crippen molar-refractivity contribution in [1.29, 1.82) is 0 Å². The van der Waals surface area contributed by atoms with Crippen molar-refractivity contribution in [1.82, 2.24) is 25.3 Å². The molecule has 25 heavy (non-hydrogen) atoms. The van der Waals surface area contributed by atoms with Gasteiger partial charge in [0.15, 0.2) is 0 Å². The van der Waals surface area contributed by atoms with E-state index in [1.807, 2.05) is 57.5 Å². The van der Waals surface area contributed by atoms with Crippen LogP contribution in [0.3, 0.4) is 0 Å². The second-order valence-electron chi connectivity index (χ2n) is 6.24. The number of likely N-dealkylation sites (N-methyl/N-ethyl adjacent to an activating group) is 1. The highest BCUT2D eigenvalue weighted by Gasteiger charge is 2.16. The lowest BCUT2D eigenvalue weighted by Crippen LogP contribution is -2.45. The normalized spacial score (nSPS) is 13.3. The Balaban J connectivity index is 1.88. The van der Waals surface area contributed by atoms with E-state index in [1.165, 1.54) is 0 Å². The molecule has 0 aliphatic rings. The zero-order valence-electron chi connectivity index (χ0n) is 15.3. The van der Waals surface area contributed by atoms with Gasteiger partial charge in [0.2, 0.25) is 0 Å². The maximum Gasteiger partial charge on any atom is 0.315 e. The number of methoxy groups -OCH3 is 1. The number of hydrogen-bond acceptors (Lipinski definition) is 4. The fraction of sp³-hybridized carbons (Fsp3) is 0.444. The first kappa shape index (κ1) is 18.8. The van der Waals surface area contributed by atoms with Crippen LogP contribution in [0.4, 0.5) is 4.79 Å². The lowest BCUT2D eigenvalue weighted by Gasteiger charge is -2.26. The predicted octanol–water partition coefficient (Wildman–Crippen LogP) is 1.88. The van der Waals surface area contributed by atoms with Gasteiger partial charge in [-0.25, -0.2) is 4.79 Å². The molecule has 0 saturated heterocycles. The number of urea groups is 1.